The van der Waals surface area contributed by atoms with Crippen LogP contribution in [0.2, 0.25) is 0 Å². The fraction of sp³-hybridized carbons (Fsp3) is 0.200. The number of primary sulfonamides is 1. The average Bonchev–Trinajstić information content (AvgIpc) is 2.44. The number of anilines is 1. The molecule has 0 aromatic heterocycles. The van der Waals surface area contributed by atoms with Crippen molar-refractivity contribution in [3.63, 3.8) is 0 Å². The highest BCUT2D eigenvalue weighted by Crippen LogP contribution is 2.22. The second kappa shape index (κ2) is 7.21. The highest BCUT2D eigenvalue weighted by atomic mass is 32.2. The van der Waals surface area contributed by atoms with Crippen molar-refractivity contribution in [2.24, 2.45) is 5.14 Å². The van der Waals surface area contributed by atoms with Crippen molar-refractivity contribution in [1.29, 1.82) is 0 Å². The standard InChI is InChI=1S/C8H10N2O2.C7H9NO2S/c1-5-3-7(10(11)12)4-6(2)8(5)9;1-6-2-4-7(5-3-6)11(8,9)10/h3-4H,9H2,1-2H3;2-5H,1H3,(H2,8,9,10). The predicted octanol–water partition coefficient (Wildman–Crippen LogP) is 2.44. The molecule has 0 bridgehead atoms. The Kier molecular flexibility index (Phi) is 5.83. The number of benzene rings is 2. The van der Waals surface area contributed by atoms with E-state index < -0.39 is 14.9 Å². The third-order valence-electron chi connectivity index (χ3n) is 3.14. The second-order valence-corrected chi connectivity index (χ2v) is 6.67. The molecule has 0 atom stereocenters. The topological polar surface area (TPSA) is 129 Å². The maximum Gasteiger partial charge on any atom is 0.270 e. The van der Waals surface area contributed by atoms with Crippen LogP contribution in [0.1, 0.15) is 16.7 Å². The van der Waals surface area contributed by atoms with E-state index in [4.69, 9.17) is 10.9 Å². The van der Waals surface area contributed by atoms with Gasteiger partial charge in [0, 0.05) is 17.8 Å². The van der Waals surface area contributed by atoms with Crippen molar-refractivity contribution in [2.75, 3.05) is 5.73 Å². The van der Waals surface area contributed by atoms with E-state index in [1.807, 2.05) is 6.92 Å². The molecule has 0 fully saturated rings. The number of non-ortho nitro benzene ring substituents is 1. The van der Waals surface area contributed by atoms with Crippen LogP contribution in [0, 0.1) is 30.9 Å². The first-order valence-corrected chi connectivity index (χ1v) is 8.17. The van der Waals surface area contributed by atoms with Gasteiger partial charge in [0.15, 0.2) is 0 Å². The lowest BCUT2D eigenvalue weighted by atomic mass is 10.1. The minimum absolute atomic E-state index is 0.0965. The fourth-order valence-electron chi connectivity index (χ4n) is 1.79. The summed E-state index contributed by atoms with van der Waals surface area (Å²) < 4.78 is 21.4. The van der Waals surface area contributed by atoms with E-state index in [0.29, 0.717) is 5.69 Å². The van der Waals surface area contributed by atoms with E-state index in [1.165, 1.54) is 24.3 Å². The zero-order chi connectivity index (χ0) is 17.8. The maximum atomic E-state index is 10.7. The lowest BCUT2D eigenvalue weighted by Crippen LogP contribution is -2.11. The van der Waals surface area contributed by atoms with Gasteiger partial charge in [-0.1, -0.05) is 17.7 Å². The Hall–Kier alpha value is -2.45. The molecule has 0 saturated heterocycles. The van der Waals surface area contributed by atoms with Gasteiger partial charge in [0.05, 0.1) is 9.82 Å². The molecule has 8 heteroatoms. The Morgan fingerprint density at radius 2 is 1.43 bits per heavy atom. The number of hydrogen-bond donors (Lipinski definition) is 2. The fourth-order valence-corrected chi connectivity index (χ4v) is 2.30. The number of nitro groups is 1. The van der Waals surface area contributed by atoms with Crippen LogP contribution in [0.3, 0.4) is 0 Å². The number of nitrogens with two attached hydrogens (primary N) is 2. The SMILES string of the molecule is Cc1cc([N+](=O)[O-])cc(C)c1N.Cc1ccc(S(N)(=O)=O)cc1. The molecular weight excluding hydrogens is 318 g/mol. The highest BCUT2D eigenvalue weighted by molar-refractivity contribution is 7.89. The first kappa shape index (κ1) is 18.6. The average molecular weight is 337 g/mol. The summed E-state index contributed by atoms with van der Waals surface area (Å²) >= 11 is 0. The van der Waals surface area contributed by atoms with Gasteiger partial charge in [0.1, 0.15) is 0 Å². The number of hydrogen-bond acceptors (Lipinski definition) is 5. The second-order valence-electron chi connectivity index (χ2n) is 5.11. The first-order chi connectivity index (χ1) is 10.5. The van der Waals surface area contributed by atoms with Crippen molar-refractivity contribution in [2.45, 2.75) is 25.7 Å². The molecule has 23 heavy (non-hydrogen) atoms. The quantitative estimate of drug-likeness (QED) is 0.494. The predicted molar refractivity (Wildman–Crippen MR) is 89.5 cm³/mol. The molecular formula is C15H19N3O4S. The van der Waals surface area contributed by atoms with Gasteiger partial charge in [0.25, 0.3) is 5.69 Å². The molecule has 0 aliphatic rings. The van der Waals surface area contributed by atoms with Gasteiger partial charge in [-0.2, -0.15) is 0 Å². The summed E-state index contributed by atoms with van der Waals surface area (Å²) in [7, 11) is -3.52. The zero-order valence-electron chi connectivity index (χ0n) is 13.1. The van der Waals surface area contributed by atoms with E-state index in [9.17, 15) is 18.5 Å². The van der Waals surface area contributed by atoms with Crippen molar-refractivity contribution in [3.05, 3.63) is 63.2 Å². The van der Waals surface area contributed by atoms with Crippen LogP contribution < -0.4 is 10.9 Å². The molecule has 2 rings (SSSR count). The minimum atomic E-state index is -3.52. The molecule has 0 radical (unpaired) electrons. The molecule has 2 aromatic carbocycles. The van der Waals surface area contributed by atoms with Crippen LogP contribution in [-0.4, -0.2) is 13.3 Å². The molecule has 124 valence electrons. The number of nitrogens with zero attached hydrogens (tertiary/aromatic N) is 1. The normalized spacial score (nSPS) is 10.6. The summed E-state index contributed by atoms with van der Waals surface area (Å²) in [6.45, 7) is 5.40. The van der Waals surface area contributed by atoms with Crippen LogP contribution in [0.4, 0.5) is 11.4 Å². The minimum Gasteiger partial charge on any atom is -0.398 e. The Morgan fingerprint density at radius 3 is 1.78 bits per heavy atom. The smallest absolute Gasteiger partial charge is 0.270 e. The van der Waals surface area contributed by atoms with Crippen molar-refractivity contribution >= 4 is 21.4 Å². The van der Waals surface area contributed by atoms with Gasteiger partial charge in [-0.25, -0.2) is 13.6 Å². The van der Waals surface area contributed by atoms with Gasteiger partial charge < -0.3 is 5.73 Å². The van der Waals surface area contributed by atoms with Crippen LogP contribution in [0.5, 0.6) is 0 Å². The van der Waals surface area contributed by atoms with Crippen molar-refractivity contribution < 1.29 is 13.3 Å². The van der Waals surface area contributed by atoms with E-state index in [2.05, 4.69) is 0 Å². The zero-order valence-corrected chi connectivity index (χ0v) is 13.9. The van der Waals surface area contributed by atoms with Gasteiger partial charge in [-0.15, -0.1) is 0 Å². The van der Waals surface area contributed by atoms with E-state index in [1.54, 1.807) is 26.0 Å². The van der Waals surface area contributed by atoms with Gasteiger partial charge in [-0.05, 0) is 44.0 Å². The van der Waals surface area contributed by atoms with Crippen LogP contribution >= 0.6 is 0 Å². The third kappa shape index (κ3) is 5.35. The summed E-state index contributed by atoms with van der Waals surface area (Å²) in [5.41, 5.74) is 8.86. The molecule has 2 aromatic rings. The van der Waals surface area contributed by atoms with Crippen LogP contribution in [-0.2, 0) is 10.0 Å². The molecule has 0 amide bonds. The summed E-state index contributed by atoms with van der Waals surface area (Å²) in [6.07, 6.45) is 0. The van der Waals surface area contributed by atoms with Gasteiger partial charge in [0.2, 0.25) is 10.0 Å². The highest BCUT2D eigenvalue weighted by Gasteiger charge is 2.09. The first-order valence-electron chi connectivity index (χ1n) is 6.63. The number of sulfonamides is 1. The third-order valence-corrected chi connectivity index (χ3v) is 4.07. The van der Waals surface area contributed by atoms with Crippen LogP contribution in [0.15, 0.2) is 41.3 Å². The maximum absolute atomic E-state index is 10.7. The number of rotatable bonds is 2. The van der Waals surface area contributed by atoms with Crippen molar-refractivity contribution in [3.8, 4) is 0 Å². The molecule has 0 spiro atoms. The number of nitrogen functional groups attached to an aromatic ring is 1. The molecule has 0 aliphatic carbocycles. The molecule has 0 unspecified atom stereocenters. The van der Waals surface area contributed by atoms with Gasteiger partial charge in [-0.3, -0.25) is 10.1 Å². The van der Waals surface area contributed by atoms with Crippen molar-refractivity contribution in [1.82, 2.24) is 0 Å². The molecule has 0 saturated carbocycles. The monoisotopic (exact) mass is 337 g/mol. The lowest BCUT2D eigenvalue weighted by Gasteiger charge is -2.02. The lowest BCUT2D eigenvalue weighted by molar-refractivity contribution is -0.384. The molecule has 4 N–H and O–H groups in total. The van der Waals surface area contributed by atoms with Crippen LogP contribution in [0.25, 0.3) is 0 Å². The van der Waals surface area contributed by atoms with Gasteiger partial charge >= 0.3 is 0 Å². The number of nitro benzene ring substituents is 1. The number of aryl methyl sites for hydroxylation is 3. The molecule has 0 aliphatic heterocycles. The van der Waals surface area contributed by atoms with E-state index >= 15 is 0 Å². The van der Waals surface area contributed by atoms with E-state index in [0.717, 1.165) is 16.7 Å². The molecule has 7 nitrogen and oxygen atoms in total. The largest absolute Gasteiger partial charge is 0.398 e. The summed E-state index contributed by atoms with van der Waals surface area (Å²) in [6, 6.07) is 9.35. The summed E-state index contributed by atoms with van der Waals surface area (Å²) in [4.78, 5) is 10.1. The Balaban J connectivity index is 0.000000231. The Morgan fingerprint density at radius 1 is 1.00 bits per heavy atom. The summed E-state index contributed by atoms with van der Waals surface area (Å²) in [5.74, 6) is 0. The Bertz CT molecular complexity index is 792. The molecule has 0 heterocycles. The summed E-state index contributed by atoms with van der Waals surface area (Å²) in [5, 5.41) is 15.3. The Labute approximate surface area is 135 Å². The van der Waals surface area contributed by atoms with E-state index in [-0.39, 0.29) is 10.6 Å².